The van der Waals surface area contributed by atoms with Gasteiger partial charge < -0.3 is 9.13 Å². The minimum Gasteiger partial charge on any atom is -0.309 e. The van der Waals surface area contributed by atoms with Gasteiger partial charge in [0.25, 0.3) is 0 Å². The maximum atomic E-state index is 5.26. The first-order valence-corrected chi connectivity index (χ1v) is 19.1. The molecular weight excluding hydrogens is 681 g/mol. The van der Waals surface area contributed by atoms with Gasteiger partial charge in [-0.05, 0) is 64.7 Å². The number of hydrogen-bond acceptors (Lipinski definition) is 2. The van der Waals surface area contributed by atoms with Crippen molar-refractivity contribution in [3.63, 3.8) is 0 Å². The van der Waals surface area contributed by atoms with Gasteiger partial charge in [0, 0.05) is 54.8 Å². The summed E-state index contributed by atoms with van der Waals surface area (Å²) in [5.41, 5.74) is 10.8. The van der Waals surface area contributed by atoms with Crippen LogP contribution in [0.4, 0.5) is 0 Å². The van der Waals surface area contributed by atoms with Gasteiger partial charge in [-0.15, -0.1) is 0 Å². The van der Waals surface area contributed by atoms with Gasteiger partial charge in [-0.3, -0.25) is 0 Å². The van der Waals surface area contributed by atoms with Crippen LogP contribution >= 0.6 is 0 Å². The van der Waals surface area contributed by atoms with Crippen LogP contribution in [0, 0.1) is 0 Å². The average Bonchev–Trinajstić information content (AvgIpc) is 3.80. The number of hydrogen-bond donors (Lipinski definition) is 0. The Morgan fingerprint density at radius 3 is 1.68 bits per heavy atom. The Kier molecular flexibility index (Phi) is 6.60. The Morgan fingerprint density at radius 1 is 0.321 bits per heavy atom. The van der Waals surface area contributed by atoms with Crippen molar-refractivity contribution in [3.8, 4) is 34.0 Å². The molecule has 12 aromatic rings. The molecular formula is C52H32N4. The summed E-state index contributed by atoms with van der Waals surface area (Å²) in [4.78, 5) is 10.4. The highest BCUT2D eigenvalue weighted by atomic mass is 15.0. The quantitative estimate of drug-likeness (QED) is 0.170. The third-order valence-corrected chi connectivity index (χ3v) is 11.5. The van der Waals surface area contributed by atoms with E-state index in [-0.39, 0.29) is 0 Å². The lowest BCUT2D eigenvalue weighted by atomic mass is 9.95. The summed E-state index contributed by atoms with van der Waals surface area (Å²) >= 11 is 0. The predicted molar refractivity (Wildman–Crippen MR) is 234 cm³/mol. The molecule has 0 fully saturated rings. The molecule has 0 aliphatic carbocycles. The molecule has 260 valence electrons. The second kappa shape index (κ2) is 12.0. The normalized spacial score (nSPS) is 11.9. The fraction of sp³-hybridized carbons (Fsp3) is 0. The number of fused-ring (bicyclic) bond motifs is 13. The number of benzene rings is 9. The van der Waals surface area contributed by atoms with Crippen LogP contribution in [0.5, 0.6) is 0 Å². The molecule has 0 aliphatic rings. The van der Waals surface area contributed by atoms with Crippen LogP contribution < -0.4 is 0 Å². The zero-order chi connectivity index (χ0) is 36.7. The summed E-state index contributed by atoms with van der Waals surface area (Å²) in [6.07, 6.45) is 0. The standard InChI is InChI=1S/C52H32N4/c1-3-16-33(17-4-1)50-41-26-11-13-28-43(41)53-52(54-50)34-18-15-21-36(32-34)56-46-31-30-45-47(42-27-12-14-29-44(42)55(45)35-19-5-2-6-20-35)49(46)48-39-24-9-7-22-37(39)38-23-8-10-25-40(38)51(48)56/h1-32H. The Morgan fingerprint density at radius 2 is 0.893 bits per heavy atom. The zero-order valence-corrected chi connectivity index (χ0v) is 30.3. The van der Waals surface area contributed by atoms with Gasteiger partial charge in [0.2, 0.25) is 0 Å². The van der Waals surface area contributed by atoms with E-state index >= 15 is 0 Å². The average molecular weight is 713 g/mol. The van der Waals surface area contributed by atoms with Crippen molar-refractivity contribution >= 4 is 76.1 Å². The minimum atomic E-state index is 0.703. The van der Waals surface area contributed by atoms with E-state index in [0.29, 0.717) is 5.82 Å². The largest absolute Gasteiger partial charge is 0.309 e. The molecule has 12 rings (SSSR count). The summed E-state index contributed by atoms with van der Waals surface area (Å²) in [6, 6.07) is 69.5. The molecule has 0 bridgehead atoms. The van der Waals surface area contributed by atoms with Crippen molar-refractivity contribution in [3.05, 3.63) is 194 Å². The summed E-state index contributed by atoms with van der Waals surface area (Å²) in [5.74, 6) is 0.703. The number of rotatable bonds is 4. The molecule has 0 saturated carbocycles. The molecule has 0 aliphatic heterocycles. The first-order valence-electron chi connectivity index (χ1n) is 19.1. The van der Waals surface area contributed by atoms with E-state index in [1.165, 1.54) is 59.6 Å². The van der Waals surface area contributed by atoms with Gasteiger partial charge >= 0.3 is 0 Å². The molecule has 9 aromatic carbocycles. The van der Waals surface area contributed by atoms with Gasteiger partial charge in [0.05, 0.1) is 33.3 Å². The highest BCUT2D eigenvalue weighted by molar-refractivity contribution is 6.38. The Bertz CT molecular complexity index is 3520. The van der Waals surface area contributed by atoms with Crippen LogP contribution in [0.25, 0.3) is 110 Å². The molecule has 0 N–H and O–H groups in total. The van der Waals surface area contributed by atoms with Gasteiger partial charge in [0.15, 0.2) is 5.82 Å². The molecule has 4 heteroatoms. The molecule has 0 saturated heterocycles. The molecule has 0 unspecified atom stereocenters. The minimum absolute atomic E-state index is 0.703. The fourth-order valence-corrected chi connectivity index (χ4v) is 9.15. The van der Waals surface area contributed by atoms with E-state index in [1.807, 2.05) is 12.1 Å². The van der Waals surface area contributed by atoms with Crippen molar-refractivity contribution in [2.24, 2.45) is 0 Å². The molecule has 0 spiro atoms. The monoisotopic (exact) mass is 712 g/mol. The van der Waals surface area contributed by atoms with Crippen molar-refractivity contribution < 1.29 is 0 Å². The van der Waals surface area contributed by atoms with Crippen molar-refractivity contribution in [1.29, 1.82) is 0 Å². The maximum Gasteiger partial charge on any atom is 0.160 e. The van der Waals surface area contributed by atoms with Crippen molar-refractivity contribution in [1.82, 2.24) is 19.1 Å². The van der Waals surface area contributed by atoms with Gasteiger partial charge in [0.1, 0.15) is 0 Å². The van der Waals surface area contributed by atoms with Crippen LogP contribution in [0.15, 0.2) is 194 Å². The highest BCUT2D eigenvalue weighted by Gasteiger charge is 2.24. The van der Waals surface area contributed by atoms with Gasteiger partial charge in [-0.1, -0.05) is 146 Å². The first-order chi connectivity index (χ1) is 27.8. The lowest BCUT2D eigenvalue weighted by Crippen LogP contribution is -1.98. The molecule has 3 aromatic heterocycles. The van der Waals surface area contributed by atoms with Crippen LogP contribution in [0.2, 0.25) is 0 Å². The number of nitrogens with zero attached hydrogens (tertiary/aromatic N) is 4. The van der Waals surface area contributed by atoms with Crippen molar-refractivity contribution in [2.45, 2.75) is 0 Å². The molecule has 56 heavy (non-hydrogen) atoms. The van der Waals surface area contributed by atoms with Crippen molar-refractivity contribution in [2.75, 3.05) is 0 Å². The summed E-state index contributed by atoms with van der Waals surface area (Å²) in [7, 11) is 0. The molecule has 0 atom stereocenters. The van der Waals surface area contributed by atoms with Crippen LogP contribution in [-0.4, -0.2) is 19.1 Å². The second-order valence-electron chi connectivity index (χ2n) is 14.5. The SMILES string of the molecule is c1ccc(-c2nc(-c3cccc(-n4c5ccc6c(c7ccccc7n6-c6ccccc6)c5c5c6ccccc6c6ccccc6c54)c3)nc3ccccc23)cc1. The van der Waals surface area contributed by atoms with Crippen LogP contribution in [0.1, 0.15) is 0 Å². The van der Waals surface area contributed by atoms with E-state index in [4.69, 9.17) is 9.97 Å². The number of aromatic nitrogens is 4. The zero-order valence-electron chi connectivity index (χ0n) is 30.3. The Labute approximate surface area is 322 Å². The fourth-order valence-electron chi connectivity index (χ4n) is 9.15. The summed E-state index contributed by atoms with van der Waals surface area (Å²) in [6.45, 7) is 0. The van der Waals surface area contributed by atoms with E-state index in [0.717, 1.165) is 44.6 Å². The first kappa shape index (κ1) is 30.9. The summed E-state index contributed by atoms with van der Waals surface area (Å²) < 4.78 is 4.90. The Balaban J connectivity index is 1.23. The molecule has 0 radical (unpaired) electrons. The Hall–Kier alpha value is -7.56. The lowest BCUT2D eigenvalue weighted by Gasteiger charge is -2.14. The van der Waals surface area contributed by atoms with E-state index < -0.39 is 0 Å². The summed E-state index contributed by atoms with van der Waals surface area (Å²) in [5, 5.41) is 11.0. The lowest BCUT2D eigenvalue weighted by molar-refractivity contribution is 1.17. The van der Waals surface area contributed by atoms with E-state index in [1.54, 1.807) is 0 Å². The van der Waals surface area contributed by atoms with Crippen LogP contribution in [-0.2, 0) is 0 Å². The molecule has 4 nitrogen and oxygen atoms in total. The number of para-hydroxylation sites is 3. The topological polar surface area (TPSA) is 35.6 Å². The van der Waals surface area contributed by atoms with Gasteiger partial charge in [-0.25, -0.2) is 9.97 Å². The van der Waals surface area contributed by atoms with Gasteiger partial charge in [-0.2, -0.15) is 0 Å². The molecule has 0 amide bonds. The van der Waals surface area contributed by atoms with Crippen LogP contribution in [0.3, 0.4) is 0 Å². The second-order valence-corrected chi connectivity index (χ2v) is 14.5. The highest BCUT2D eigenvalue weighted by Crippen LogP contribution is 2.47. The third-order valence-electron chi connectivity index (χ3n) is 11.5. The molecule has 3 heterocycles. The van der Waals surface area contributed by atoms with E-state index in [9.17, 15) is 0 Å². The smallest absolute Gasteiger partial charge is 0.160 e. The maximum absolute atomic E-state index is 5.26. The predicted octanol–water partition coefficient (Wildman–Crippen LogP) is 13.5. The third kappa shape index (κ3) is 4.41. The van der Waals surface area contributed by atoms with E-state index in [2.05, 4.69) is 191 Å².